The number of carbonyl (C=O) groups excluding carboxylic acids is 1. The highest BCUT2D eigenvalue weighted by Crippen LogP contribution is 2.23. The molecular formula is C14H17N3O3S. The zero-order valence-corrected chi connectivity index (χ0v) is 12.6. The van der Waals surface area contributed by atoms with Crippen LogP contribution >= 0.6 is 0 Å². The molecule has 2 rings (SSSR count). The normalized spacial score (nSPS) is 19.1. The van der Waals surface area contributed by atoms with Gasteiger partial charge in [-0.25, -0.2) is 8.42 Å². The lowest BCUT2D eigenvalue weighted by atomic mass is 10.2. The molecule has 112 valence electrons. The van der Waals surface area contributed by atoms with Crippen molar-refractivity contribution in [2.24, 2.45) is 0 Å². The number of hydrogen-bond acceptors (Lipinski definition) is 4. The molecule has 21 heavy (non-hydrogen) atoms. The maximum absolute atomic E-state index is 12.5. The number of nitrogens with zero attached hydrogens (tertiary/aromatic N) is 2. The zero-order valence-electron chi connectivity index (χ0n) is 11.7. The van der Waals surface area contributed by atoms with Gasteiger partial charge in [-0.2, -0.15) is 9.57 Å². The van der Waals surface area contributed by atoms with Crippen molar-refractivity contribution in [3.8, 4) is 6.07 Å². The SMILES string of the molecule is CNC(=O)C1CCCN1S(=O)(=O)Cc1ccc(C#N)cc1. The van der Waals surface area contributed by atoms with Gasteiger partial charge in [0.15, 0.2) is 0 Å². The standard InChI is InChI=1S/C14H17N3O3S/c1-16-14(18)13-3-2-8-17(13)21(19,20)10-12-6-4-11(9-15)5-7-12/h4-7,13H,2-3,8,10H2,1H3,(H,16,18). The zero-order chi connectivity index (χ0) is 15.5. The Hall–Kier alpha value is -1.91. The Bertz CT molecular complexity index is 662. The number of nitriles is 1. The maximum atomic E-state index is 12.5. The van der Waals surface area contributed by atoms with Crippen molar-refractivity contribution in [2.75, 3.05) is 13.6 Å². The molecule has 0 bridgehead atoms. The first-order valence-corrected chi connectivity index (χ1v) is 8.29. The smallest absolute Gasteiger partial charge is 0.238 e. The number of hydrogen-bond donors (Lipinski definition) is 1. The summed E-state index contributed by atoms with van der Waals surface area (Å²) < 4.78 is 26.2. The van der Waals surface area contributed by atoms with E-state index in [0.717, 1.165) is 0 Å². The van der Waals surface area contributed by atoms with Crippen molar-refractivity contribution < 1.29 is 13.2 Å². The first-order chi connectivity index (χ1) is 9.97. The molecule has 0 aromatic heterocycles. The third kappa shape index (κ3) is 3.40. The summed E-state index contributed by atoms with van der Waals surface area (Å²) in [5, 5.41) is 11.2. The number of nitrogens with one attached hydrogen (secondary N) is 1. The minimum Gasteiger partial charge on any atom is -0.358 e. The van der Waals surface area contributed by atoms with Crippen LogP contribution in [0.1, 0.15) is 24.0 Å². The van der Waals surface area contributed by atoms with Crippen molar-refractivity contribution in [3.63, 3.8) is 0 Å². The minimum absolute atomic E-state index is 0.161. The summed E-state index contributed by atoms with van der Waals surface area (Å²) in [5.74, 6) is -0.428. The number of carbonyl (C=O) groups is 1. The molecule has 1 aliphatic heterocycles. The van der Waals surface area contributed by atoms with Gasteiger partial charge in [-0.05, 0) is 30.5 Å². The van der Waals surface area contributed by atoms with Gasteiger partial charge in [0.2, 0.25) is 15.9 Å². The summed E-state index contributed by atoms with van der Waals surface area (Å²) in [7, 11) is -2.04. The molecule has 0 aliphatic carbocycles. The van der Waals surface area contributed by atoms with Gasteiger partial charge in [-0.15, -0.1) is 0 Å². The number of benzene rings is 1. The van der Waals surface area contributed by atoms with Crippen LogP contribution in [0.2, 0.25) is 0 Å². The van der Waals surface area contributed by atoms with Gasteiger partial charge in [-0.3, -0.25) is 4.79 Å². The molecule has 0 spiro atoms. The van der Waals surface area contributed by atoms with Crippen LogP contribution in [0.25, 0.3) is 0 Å². The van der Waals surface area contributed by atoms with Gasteiger partial charge in [0.1, 0.15) is 6.04 Å². The lowest BCUT2D eigenvalue weighted by Gasteiger charge is -2.22. The molecule has 1 aromatic carbocycles. The number of sulfonamides is 1. The Morgan fingerprint density at radius 1 is 1.43 bits per heavy atom. The van der Waals surface area contributed by atoms with Crippen molar-refractivity contribution in [1.82, 2.24) is 9.62 Å². The summed E-state index contributed by atoms with van der Waals surface area (Å²) in [6.45, 7) is 0.372. The fourth-order valence-corrected chi connectivity index (χ4v) is 4.25. The van der Waals surface area contributed by atoms with Gasteiger partial charge in [-0.1, -0.05) is 12.1 Å². The summed E-state index contributed by atoms with van der Waals surface area (Å²) in [4.78, 5) is 11.8. The molecule has 1 heterocycles. The Balaban J connectivity index is 2.17. The molecule has 1 amide bonds. The highest BCUT2D eigenvalue weighted by atomic mass is 32.2. The molecule has 1 fully saturated rings. The molecule has 0 saturated carbocycles. The fraction of sp³-hybridized carbons (Fsp3) is 0.429. The van der Waals surface area contributed by atoms with Crippen LogP contribution in [-0.4, -0.2) is 38.3 Å². The van der Waals surface area contributed by atoms with Crippen molar-refractivity contribution in [3.05, 3.63) is 35.4 Å². The van der Waals surface area contributed by atoms with Crippen molar-refractivity contribution in [2.45, 2.75) is 24.6 Å². The molecular weight excluding hydrogens is 290 g/mol. The van der Waals surface area contributed by atoms with Crippen LogP contribution in [0.5, 0.6) is 0 Å². The van der Waals surface area contributed by atoms with E-state index in [2.05, 4.69) is 5.32 Å². The average molecular weight is 307 g/mol. The van der Waals surface area contributed by atoms with E-state index in [1.54, 1.807) is 24.3 Å². The van der Waals surface area contributed by atoms with E-state index in [-0.39, 0.29) is 11.7 Å². The van der Waals surface area contributed by atoms with Crippen LogP contribution in [0.15, 0.2) is 24.3 Å². The summed E-state index contributed by atoms with van der Waals surface area (Å²) in [6, 6.07) is 7.81. The van der Waals surface area contributed by atoms with Crippen molar-refractivity contribution >= 4 is 15.9 Å². The summed E-state index contributed by atoms with van der Waals surface area (Å²) in [6.07, 6.45) is 1.23. The molecule has 0 radical (unpaired) electrons. The van der Waals surface area contributed by atoms with E-state index in [9.17, 15) is 13.2 Å². The van der Waals surface area contributed by atoms with Gasteiger partial charge >= 0.3 is 0 Å². The number of amides is 1. The van der Waals surface area contributed by atoms with E-state index >= 15 is 0 Å². The summed E-state index contributed by atoms with van der Waals surface area (Å²) in [5.41, 5.74) is 1.09. The van der Waals surface area contributed by atoms with Crippen LogP contribution in [0.4, 0.5) is 0 Å². The number of rotatable bonds is 4. The molecule has 7 heteroatoms. The molecule has 1 N–H and O–H groups in total. The summed E-state index contributed by atoms with van der Waals surface area (Å²) >= 11 is 0. The quantitative estimate of drug-likeness (QED) is 0.882. The monoisotopic (exact) mass is 307 g/mol. The third-order valence-electron chi connectivity index (χ3n) is 3.54. The average Bonchev–Trinajstić information content (AvgIpc) is 2.97. The second-order valence-corrected chi connectivity index (χ2v) is 6.87. The van der Waals surface area contributed by atoms with Gasteiger partial charge in [0.25, 0.3) is 0 Å². The Kier molecular flexibility index (Phi) is 4.60. The first kappa shape index (κ1) is 15.5. The van der Waals surface area contributed by atoms with Crippen LogP contribution in [-0.2, 0) is 20.6 Å². The molecule has 1 unspecified atom stereocenters. The predicted octanol–water partition coefficient (Wildman–Crippen LogP) is 0.598. The molecule has 6 nitrogen and oxygen atoms in total. The molecule has 1 aliphatic rings. The lowest BCUT2D eigenvalue weighted by molar-refractivity contribution is -0.123. The number of likely N-dealkylation sites (N-methyl/N-ethyl adjacent to an activating group) is 1. The van der Waals surface area contributed by atoms with E-state index in [1.807, 2.05) is 6.07 Å². The Morgan fingerprint density at radius 2 is 2.10 bits per heavy atom. The minimum atomic E-state index is -3.55. The van der Waals surface area contributed by atoms with Gasteiger partial charge in [0, 0.05) is 13.6 Å². The second kappa shape index (κ2) is 6.24. The van der Waals surface area contributed by atoms with E-state index in [1.165, 1.54) is 11.4 Å². The van der Waals surface area contributed by atoms with Crippen LogP contribution in [0.3, 0.4) is 0 Å². The largest absolute Gasteiger partial charge is 0.358 e. The molecule has 1 saturated heterocycles. The molecule has 1 aromatic rings. The van der Waals surface area contributed by atoms with E-state index in [4.69, 9.17) is 5.26 Å². The lowest BCUT2D eigenvalue weighted by Crippen LogP contribution is -2.45. The third-order valence-corrected chi connectivity index (χ3v) is 5.39. The van der Waals surface area contributed by atoms with Gasteiger partial charge < -0.3 is 5.32 Å². The van der Waals surface area contributed by atoms with Crippen molar-refractivity contribution in [1.29, 1.82) is 5.26 Å². The van der Waals surface area contributed by atoms with E-state index < -0.39 is 16.1 Å². The second-order valence-electron chi connectivity index (χ2n) is 4.95. The Labute approximate surface area is 124 Å². The topological polar surface area (TPSA) is 90.3 Å². The van der Waals surface area contributed by atoms with Crippen LogP contribution < -0.4 is 5.32 Å². The molecule has 1 atom stereocenters. The predicted molar refractivity (Wildman–Crippen MR) is 77.6 cm³/mol. The Morgan fingerprint density at radius 3 is 2.67 bits per heavy atom. The fourth-order valence-electron chi connectivity index (χ4n) is 2.47. The highest BCUT2D eigenvalue weighted by Gasteiger charge is 2.37. The van der Waals surface area contributed by atoms with Gasteiger partial charge in [0.05, 0.1) is 17.4 Å². The van der Waals surface area contributed by atoms with Crippen LogP contribution in [0, 0.1) is 11.3 Å². The first-order valence-electron chi connectivity index (χ1n) is 6.68. The highest BCUT2D eigenvalue weighted by molar-refractivity contribution is 7.88. The van der Waals surface area contributed by atoms with E-state index in [0.29, 0.717) is 30.5 Å². The maximum Gasteiger partial charge on any atom is 0.238 e.